The second kappa shape index (κ2) is 7.63. The molecule has 1 N–H and O–H groups in total. The van der Waals surface area contributed by atoms with Crippen molar-refractivity contribution in [3.63, 3.8) is 0 Å². The zero-order chi connectivity index (χ0) is 20.4. The van der Waals surface area contributed by atoms with Gasteiger partial charge in [-0.1, -0.05) is 12.1 Å². The van der Waals surface area contributed by atoms with Crippen LogP contribution in [0.15, 0.2) is 30.3 Å². The van der Waals surface area contributed by atoms with E-state index in [9.17, 15) is 14.9 Å². The maximum Gasteiger partial charge on any atom is 0.312 e. The number of hydrogen-bond donors (Lipinski definition) is 1. The number of amides is 1. The lowest BCUT2D eigenvalue weighted by atomic mass is 10.2. The number of nitrogens with zero attached hydrogens (tertiary/aromatic N) is 5. The van der Waals surface area contributed by atoms with Crippen LogP contribution in [0.25, 0.3) is 0 Å². The van der Waals surface area contributed by atoms with Crippen LogP contribution in [0.2, 0.25) is 0 Å². The molecule has 0 saturated carbocycles. The van der Waals surface area contributed by atoms with Crippen LogP contribution in [0.4, 0.5) is 11.4 Å². The second-order valence-electron chi connectivity index (χ2n) is 6.77. The van der Waals surface area contributed by atoms with E-state index in [0.717, 1.165) is 17.0 Å². The molecular formula is C19H22N6O3. The number of benzene rings is 1. The zero-order valence-corrected chi connectivity index (χ0v) is 16.3. The fraction of sp³-hybridized carbons (Fsp3) is 0.316. The van der Waals surface area contributed by atoms with Crippen LogP contribution in [-0.4, -0.2) is 30.4 Å². The molecule has 1 amide bonds. The molecule has 0 unspecified atom stereocenters. The average molecular weight is 382 g/mol. The predicted molar refractivity (Wildman–Crippen MR) is 104 cm³/mol. The van der Waals surface area contributed by atoms with Gasteiger partial charge in [-0.2, -0.15) is 10.2 Å². The van der Waals surface area contributed by atoms with Gasteiger partial charge in [-0.05, 0) is 51.5 Å². The molecule has 0 spiro atoms. The minimum Gasteiger partial charge on any atom is -0.324 e. The van der Waals surface area contributed by atoms with E-state index < -0.39 is 4.92 Å². The Morgan fingerprint density at radius 3 is 2.50 bits per heavy atom. The van der Waals surface area contributed by atoms with Crippen molar-refractivity contribution in [2.24, 2.45) is 0 Å². The van der Waals surface area contributed by atoms with Crippen molar-refractivity contribution in [1.82, 2.24) is 19.6 Å². The first-order valence-corrected chi connectivity index (χ1v) is 8.83. The molecule has 9 heteroatoms. The van der Waals surface area contributed by atoms with E-state index in [-0.39, 0.29) is 18.1 Å². The highest BCUT2D eigenvalue weighted by Gasteiger charge is 2.22. The number of hydrogen-bond acceptors (Lipinski definition) is 5. The van der Waals surface area contributed by atoms with Gasteiger partial charge < -0.3 is 5.32 Å². The molecule has 0 saturated heterocycles. The van der Waals surface area contributed by atoms with E-state index in [4.69, 9.17) is 0 Å². The molecule has 0 atom stereocenters. The van der Waals surface area contributed by atoms with E-state index in [1.165, 1.54) is 4.68 Å². The lowest BCUT2D eigenvalue weighted by Gasteiger charge is -2.09. The number of nitrogens with one attached hydrogen (secondary N) is 1. The number of aryl methyl sites for hydroxylation is 3. The largest absolute Gasteiger partial charge is 0.324 e. The topological polar surface area (TPSA) is 108 Å². The van der Waals surface area contributed by atoms with Crippen LogP contribution in [0.1, 0.15) is 28.3 Å². The Balaban J connectivity index is 1.70. The fourth-order valence-corrected chi connectivity index (χ4v) is 3.20. The van der Waals surface area contributed by atoms with Crippen molar-refractivity contribution in [2.75, 3.05) is 5.32 Å². The highest BCUT2D eigenvalue weighted by molar-refractivity contribution is 5.90. The Kier molecular flexibility index (Phi) is 5.25. The second-order valence-corrected chi connectivity index (χ2v) is 6.77. The zero-order valence-electron chi connectivity index (χ0n) is 16.3. The molecule has 0 bridgehead atoms. The third kappa shape index (κ3) is 4.08. The molecule has 0 aliphatic carbocycles. The minimum atomic E-state index is -0.478. The van der Waals surface area contributed by atoms with Crippen LogP contribution in [0.3, 0.4) is 0 Å². The number of nitro groups is 1. The van der Waals surface area contributed by atoms with E-state index in [1.54, 1.807) is 19.9 Å². The Labute approximate surface area is 162 Å². The van der Waals surface area contributed by atoms with E-state index in [1.807, 2.05) is 42.8 Å². The van der Waals surface area contributed by atoms with Gasteiger partial charge in [0.05, 0.1) is 17.2 Å². The van der Waals surface area contributed by atoms with Crippen LogP contribution in [-0.2, 0) is 17.9 Å². The summed E-state index contributed by atoms with van der Waals surface area (Å²) >= 11 is 0. The van der Waals surface area contributed by atoms with Crippen LogP contribution < -0.4 is 5.32 Å². The Bertz CT molecular complexity index is 1050. The Morgan fingerprint density at radius 1 is 1.14 bits per heavy atom. The molecule has 3 aromatic rings. The van der Waals surface area contributed by atoms with Crippen molar-refractivity contribution in [3.05, 3.63) is 68.8 Å². The van der Waals surface area contributed by atoms with Gasteiger partial charge >= 0.3 is 5.69 Å². The highest BCUT2D eigenvalue weighted by Crippen LogP contribution is 2.21. The molecule has 2 heterocycles. The van der Waals surface area contributed by atoms with Gasteiger partial charge in [0.15, 0.2) is 0 Å². The van der Waals surface area contributed by atoms with E-state index >= 15 is 0 Å². The SMILES string of the molecule is Cc1cc(C)n(Cc2cccc(NC(=O)Cn3nc(C)c([N+](=O)[O-])c3C)c2)n1. The van der Waals surface area contributed by atoms with Gasteiger partial charge in [-0.3, -0.25) is 24.3 Å². The summed E-state index contributed by atoms with van der Waals surface area (Å²) in [4.78, 5) is 23.0. The molecule has 1 aromatic carbocycles. The maximum absolute atomic E-state index is 12.4. The Hall–Kier alpha value is -3.49. The number of rotatable bonds is 6. The minimum absolute atomic E-state index is 0.0558. The van der Waals surface area contributed by atoms with Gasteiger partial charge in [-0.15, -0.1) is 0 Å². The lowest BCUT2D eigenvalue weighted by Crippen LogP contribution is -2.20. The molecule has 0 aliphatic heterocycles. The van der Waals surface area contributed by atoms with E-state index in [2.05, 4.69) is 15.5 Å². The molecular weight excluding hydrogens is 360 g/mol. The highest BCUT2D eigenvalue weighted by atomic mass is 16.6. The van der Waals surface area contributed by atoms with Crippen LogP contribution in [0.5, 0.6) is 0 Å². The summed E-state index contributed by atoms with van der Waals surface area (Å²) < 4.78 is 3.26. The summed E-state index contributed by atoms with van der Waals surface area (Å²) in [7, 11) is 0. The number of carbonyl (C=O) groups excluding carboxylic acids is 1. The average Bonchev–Trinajstić information content (AvgIpc) is 3.05. The summed E-state index contributed by atoms with van der Waals surface area (Å²) in [6, 6.07) is 9.53. The lowest BCUT2D eigenvalue weighted by molar-refractivity contribution is -0.386. The molecule has 146 valence electrons. The molecule has 28 heavy (non-hydrogen) atoms. The van der Waals surface area contributed by atoms with Crippen molar-refractivity contribution in [3.8, 4) is 0 Å². The van der Waals surface area contributed by atoms with Crippen molar-refractivity contribution in [2.45, 2.75) is 40.8 Å². The molecule has 0 radical (unpaired) electrons. The number of anilines is 1. The summed E-state index contributed by atoms with van der Waals surface area (Å²) in [5.74, 6) is -0.302. The quantitative estimate of drug-likeness (QED) is 0.521. The summed E-state index contributed by atoms with van der Waals surface area (Å²) in [6.07, 6.45) is 0. The first-order chi connectivity index (χ1) is 13.2. The van der Waals surface area contributed by atoms with Gasteiger partial charge in [0.1, 0.15) is 17.9 Å². The molecule has 3 rings (SSSR count). The number of aromatic nitrogens is 4. The first-order valence-electron chi connectivity index (χ1n) is 8.83. The van der Waals surface area contributed by atoms with E-state index in [0.29, 0.717) is 23.6 Å². The first kappa shape index (κ1) is 19.3. The predicted octanol–water partition coefficient (Wildman–Crippen LogP) is 2.91. The number of carbonyl (C=O) groups is 1. The molecule has 9 nitrogen and oxygen atoms in total. The fourth-order valence-electron chi connectivity index (χ4n) is 3.20. The van der Waals surface area contributed by atoms with Crippen molar-refractivity contribution < 1.29 is 9.72 Å². The standard InChI is InChI=1S/C19H22N6O3/c1-12-8-13(2)23(21-12)10-16-6-5-7-17(9-16)20-18(26)11-24-15(4)19(25(27)28)14(3)22-24/h5-9H,10-11H2,1-4H3,(H,20,26). The van der Waals surface area contributed by atoms with Crippen molar-refractivity contribution >= 4 is 17.3 Å². The summed E-state index contributed by atoms with van der Waals surface area (Å²) in [6.45, 7) is 7.60. The molecule has 0 aliphatic rings. The van der Waals surface area contributed by atoms with Gasteiger partial charge in [0.2, 0.25) is 5.91 Å². The van der Waals surface area contributed by atoms with Gasteiger partial charge in [0, 0.05) is 11.4 Å². The third-order valence-corrected chi connectivity index (χ3v) is 4.47. The van der Waals surface area contributed by atoms with Gasteiger partial charge in [-0.25, -0.2) is 0 Å². The van der Waals surface area contributed by atoms with Crippen LogP contribution >= 0.6 is 0 Å². The molecule has 2 aromatic heterocycles. The van der Waals surface area contributed by atoms with Crippen molar-refractivity contribution in [1.29, 1.82) is 0 Å². The molecule has 0 fully saturated rings. The van der Waals surface area contributed by atoms with Crippen LogP contribution in [0, 0.1) is 37.8 Å². The normalized spacial score (nSPS) is 10.9. The summed E-state index contributed by atoms with van der Waals surface area (Å²) in [5.41, 5.74) is 4.28. The summed E-state index contributed by atoms with van der Waals surface area (Å²) in [5, 5.41) is 22.5. The maximum atomic E-state index is 12.4. The smallest absolute Gasteiger partial charge is 0.312 e. The third-order valence-electron chi connectivity index (χ3n) is 4.47. The Morgan fingerprint density at radius 2 is 1.89 bits per heavy atom. The van der Waals surface area contributed by atoms with Gasteiger partial charge in [0.25, 0.3) is 0 Å². The monoisotopic (exact) mass is 382 g/mol.